The molecule has 0 aliphatic carbocycles. The number of carbonyl (C=O) groups excluding carboxylic acids is 3. The molecular weight excluding hydrogens is 300 g/mol. The van der Waals surface area contributed by atoms with Gasteiger partial charge in [0.25, 0.3) is 5.91 Å². The van der Waals surface area contributed by atoms with Crippen LogP contribution < -0.4 is 5.32 Å². The van der Waals surface area contributed by atoms with Crippen molar-refractivity contribution in [3.63, 3.8) is 0 Å². The molecule has 0 aromatic heterocycles. The van der Waals surface area contributed by atoms with Crippen LogP contribution in [0.15, 0.2) is 18.2 Å². The van der Waals surface area contributed by atoms with E-state index in [0.717, 1.165) is 4.90 Å². The van der Waals surface area contributed by atoms with E-state index in [0.29, 0.717) is 6.54 Å². The highest BCUT2D eigenvalue weighted by Crippen LogP contribution is 2.22. The zero-order chi connectivity index (χ0) is 15.6. The van der Waals surface area contributed by atoms with Crippen molar-refractivity contribution in [3.8, 4) is 5.75 Å². The van der Waals surface area contributed by atoms with Crippen molar-refractivity contribution < 1.29 is 24.2 Å². The smallest absolute Gasteiger partial charge is 0.342 e. The van der Waals surface area contributed by atoms with E-state index in [1.807, 2.05) is 0 Å². The lowest BCUT2D eigenvalue weighted by Crippen LogP contribution is -2.41. The first-order valence-corrected chi connectivity index (χ1v) is 6.56. The van der Waals surface area contributed by atoms with Crippen LogP contribution in [0.4, 0.5) is 4.79 Å². The highest BCUT2D eigenvalue weighted by molar-refractivity contribution is 6.31. The first-order chi connectivity index (χ1) is 9.90. The predicted molar refractivity (Wildman–Crippen MR) is 73.1 cm³/mol. The van der Waals surface area contributed by atoms with E-state index < -0.39 is 24.0 Å². The summed E-state index contributed by atoms with van der Waals surface area (Å²) >= 11 is 5.74. The number of nitrogens with one attached hydrogen (secondary N) is 1. The predicted octanol–water partition coefficient (Wildman–Crippen LogP) is 1.14. The van der Waals surface area contributed by atoms with E-state index in [2.05, 4.69) is 5.32 Å². The van der Waals surface area contributed by atoms with Gasteiger partial charge in [-0.25, -0.2) is 9.59 Å². The topological polar surface area (TPSA) is 95.9 Å². The number of benzene rings is 1. The number of nitrogens with zero attached hydrogens (tertiary/aromatic N) is 1. The molecule has 3 amide bonds. The van der Waals surface area contributed by atoms with Crippen molar-refractivity contribution >= 4 is 29.5 Å². The maximum absolute atomic E-state index is 12.0. The number of aromatic hydroxyl groups is 1. The number of phenolic OH excluding ortho intramolecular Hbond substituents is 1. The van der Waals surface area contributed by atoms with Gasteiger partial charge in [0.2, 0.25) is 0 Å². The molecule has 1 aliphatic heterocycles. The highest BCUT2D eigenvalue weighted by atomic mass is 35.5. The lowest BCUT2D eigenvalue weighted by molar-refractivity contribution is -0.136. The molecular formula is C13H13ClN2O5. The summed E-state index contributed by atoms with van der Waals surface area (Å²) in [4.78, 5) is 36.2. The molecule has 0 bridgehead atoms. The van der Waals surface area contributed by atoms with E-state index in [1.165, 1.54) is 25.1 Å². The first kappa shape index (κ1) is 15.1. The van der Waals surface area contributed by atoms with Crippen molar-refractivity contribution in [1.82, 2.24) is 10.2 Å². The number of carbonyl (C=O) groups is 3. The summed E-state index contributed by atoms with van der Waals surface area (Å²) in [6, 6.07) is 3.38. The zero-order valence-corrected chi connectivity index (χ0v) is 11.9. The van der Waals surface area contributed by atoms with E-state index in [1.54, 1.807) is 0 Å². The van der Waals surface area contributed by atoms with Gasteiger partial charge >= 0.3 is 12.0 Å². The fourth-order valence-corrected chi connectivity index (χ4v) is 2.02. The second-order valence-electron chi connectivity index (χ2n) is 4.43. The molecule has 1 aromatic rings. The summed E-state index contributed by atoms with van der Waals surface area (Å²) in [7, 11) is 0. The molecule has 1 unspecified atom stereocenters. The third-order valence-corrected chi connectivity index (χ3v) is 3.17. The number of ether oxygens (including phenoxy) is 1. The fourth-order valence-electron chi connectivity index (χ4n) is 1.85. The van der Waals surface area contributed by atoms with Gasteiger partial charge in [0.15, 0.2) is 6.10 Å². The number of halogens is 1. The van der Waals surface area contributed by atoms with Gasteiger partial charge in [-0.3, -0.25) is 9.69 Å². The summed E-state index contributed by atoms with van der Waals surface area (Å²) in [5.74, 6) is -1.82. The van der Waals surface area contributed by atoms with Crippen LogP contribution in [0, 0.1) is 0 Å². The summed E-state index contributed by atoms with van der Waals surface area (Å²) in [5.41, 5.74) is -0.145. The van der Waals surface area contributed by atoms with Crippen LogP contribution in [0.3, 0.4) is 0 Å². The summed E-state index contributed by atoms with van der Waals surface area (Å²) in [6.07, 6.45) is -1.15. The molecule has 1 aromatic carbocycles. The van der Waals surface area contributed by atoms with Crippen molar-refractivity contribution in [2.45, 2.75) is 13.0 Å². The van der Waals surface area contributed by atoms with Crippen LogP contribution in [0.25, 0.3) is 0 Å². The lowest BCUT2D eigenvalue weighted by Gasteiger charge is -2.18. The Morgan fingerprint density at radius 3 is 2.81 bits per heavy atom. The van der Waals surface area contributed by atoms with E-state index in [9.17, 15) is 19.5 Å². The van der Waals surface area contributed by atoms with E-state index in [-0.39, 0.29) is 22.9 Å². The molecule has 7 nitrogen and oxygen atoms in total. The number of urea groups is 1. The highest BCUT2D eigenvalue weighted by Gasteiger charge is 2.32. The van der Waals surface area contributed by atoms with E-state index in [4.69, 9.17) is 16.3 Å². The minimum absolute atomic E-state index is 0.145. The van der Waals surface area contributed by atoms with Crippen LogP contribution in [0.2, 0.25) is 5.02 Å². The summed E-state index contributed by atoms with van der Waals surface area (Å²) in [5, 5.41) is 12.3. The molecule has 1 atom stereocenters. The monoisotopic (exact) mass is 312 g/mol. The molecule has 0 saturated carbocycles. The molecule has 112 valence electrons. The van der Waals surface area contributed by atoms with Crippen molar-refractivity contribution in [1.29, 1.82) is 0 Å². The van der Waals surface area contributed by atoms with Crippen LogP contribution in [0.5, 0.6) is 5.75 Å². The molecule has 2 rings (SSSR count). The minimum atomic E-state index is -1.15. The molecule has 1 heterocycles. The summed E-state index contributed by atoms with van der Waals surface area (Å²) in [6.45, 7) is 1.94. The van der Waals surface area contributed by atoms with Gasteiger partial charge in [0, 0.05) is 18.1 Å². The van der Waals surface area contributed by atoms with Gasteiger partial charge in [0.05, 0.1) is 0 Å². The van der Waals surface area contributed by atoms with Gasteiger partial charge in [-0.2, -0.15) is 0 Å². The maximum atomic E-state index is 12.0. The van der Waals surface area contributed by atoms with Gasteiger partial charge in [0.1, 0.15) is 11.3 Å². The SMILES string of the molecule is CC(OC(=O)c1cc(Cl)ccc1O)C(=O)N1CCNC1=O. The van der Waals surface area contributed by atoms with Crippen LogP contribution >= 0.6 is 11.6 Å². The van der Waals surface area contributed by atoms with Gasteiger partial charge in [-0.05, 0) is 25.1 Å². The van der Waals surface area contributed by atoms with Crippen LogP contribution in [-0.4, -0.2) is 47.1 Å². The van der Waals surface area contributed by atoms with Gasteiger partial charge in [-0.15, -0.1) is 0 Å². The van der Waals surface area contributed by atoms with Crippen molar-refractivity contribution in [3.05, 3.63) is 28.8 Å². The Bertz CT molecular complexity index is 604. The third-order valence-electron chi connectivity index (χ3n) is 2.93. The van der Waals surface area contributed by atoms with Crippen LogP contribution in [0.1, 0.15) is 17.3 Å². The molecule has 2 N–H and O–H groups in total. The minimum Gasteiger partial charge on any atom is -0.507 e. The Labute approximate surface area is 125 Å². The Hall–Kier alpha value is -2.28. The van der Waals surface area contributed by atoms with Crippen molar-refractivity contribution in [2.24, 2.45) is 0 Å². The lowest BCUT2D eigenvalue weighted by atomic mass is 10.2. The quantitative estimate of drug-likeness (QED) is 0.816. The number of phenols is 1. The fraction of sp³-hybridized carbons (Fsp3) is 0.308. The molecule has 1 aliphatic rings. The van der Waals surface area contributed by atoms with Crippen LogP contribution in [-0.2, 0) is 9.53 Å². The standard InChI is InChI=1S/C13H13ClN2O5/c1-7(11(18)16-5-4-15-13(16)20)21-12(19)9-6-8(14)2-3-10(9)17/h2-3,6-7,17H,4-5H2,1H3,(H,15,20). The molecule has 0 radical (unpaired) electrons. The number of rotatable bonds is 3. The summed E-state index contributed by atoms with van der Waals surface area (Å²) < 4.78 is 4.97. The maximum Gasteiger partial charge on any atom is 0.342 e. The molecule has 1 saturated heterocycles. The number of amides is 3. The molecule has 8 heteroatoms. The first-order valence-electron chi connectivity index (χ1n) is 6.19. The second-order valence-corrected chi connectivity index (χ2v) is 4.87. The zero-order valence-electron chi connectivity index (χ0n) is 11.1. The van der Waals surface area contributed by atoms with Gasteiger partial charge in [-0.1, -0.05) is 11.6 Å². The number of imide groups is 1. The molecule has 21 heavy (non-hydrogen) atoms. The Balaban J connectivity index is 2.06. The van der Waals surface area contributed by atoms with Crippen molar-refractivity contribution in [2.75, 3.05) is 13.1 Å². The number of hydrogen-bond donors (Lipinski definition) is 2. The Kier molecular flexibility index (Phi) is 4.32. The number of hydrogen-bond acceptors (Lipinski definition) is 5. The Morgan fingerprint density at radius 2 is 2.19 bits per heavy atom. The van der Waals surface area contributed by atoms with Gasteiger partial charge < -0.3 is 15.2 Å². The normalized spacial score (nSPS) is 15.5. The average Bonchev–Trinajstić information content (AvgIpc) is 2.86. The third kappa shape index (κ3) is 3.25. The second kappa shape index (κ2) is 6.01. The Morgan fingerprint density at radius 1 is 1.48 bits per heavy atom. The molecule has 1 fully saturated rings. The average molecular weight is 313 g/mol. The molecule has 0 spiro atoms. The largest absolute Gasteiger partial charge is 0.507 e. The van der Waals surface area contributed by atoms with E-state index >= 15 is 0 Å². The number of esters is 1.